The molecule has 2 amide bonds. The molecule has 1 heterocycles. The number of amides is 2. The lowest BCUT2D eigenvalue weighted by molar-refractivity contribution is -0.147. The number of nitrogens with one attached hydrogen (secondary N) is 2. The van der Waals surface area contributed by atoms with E-state index in [2.05, 4.69) is 10.6 Å². The van der Waals surface area contributed by atoms with Crippen molar-refractivity contribution in [2.45, 2.75) is 44.7 Å². The maximum Gasteiger partial charge on any atom is 0.329 e. The molecule has 0 radical (unpaired) electrons. The summed E-state index contributed by atoms with van der Waals surface area (Å²) in [5.41, 5.74) is -1.27. The SMILES string of the molecule is CCC(C)(NC(=O)[C@@H]1CCC(=O)N1)C(=O)O. The summed E-state index contributed by atoms with van der Waals surface area (Å²) < 4.78 is 0. The fourth-order valence-electron chi connectivity index (χ4n) is 1.46. The Morgan fingerprint density at radius 3 is 2.62 bits per heavy atom. The Balaban J connectivity index is 2.62. The van der Waals surface area contributed by atoms with Crippen molar-refractivity contribution < 1.29 is 19.5 Å². The van der Waals surface area contributed by atoms with E-state index in [0.717, 1.165) is 0 Å². The maximum atomic E-state index is 11.7. The highest BCUT2D eigenvalue weighted by Gasteiger charge is 2.36. The van der Waals surface area contributed by atoms with Gasteiger partial charge in [-0.1, -0.05) is 6.92 Å². The molecule has 3 N–H and O–H groups in total. The largest absolute Gasteiger partial charge is 0.480 e. The molecule has 0 saturated carbocycles. The predicted octanol–water partition coefficient (Wildman–Crippen LogP) is -0.365. The molecule has 0 aromatic heterocycles. The smallest absolute Gasteiger partial charge is 0.329 e. The van der Waals surface area contributed by atoms with Gasteiger partial charge in [0.2, 0.25) is 11.8 Å². The summed E-state index contributed by atoms with van der Waals surface area (Å²) in [5.74, 6) is -1.68. The lowest BCUT2D eigenvalue weighted by atomic mass is 9.98. The van der Waals surface area contributed by atoms with Gasteiger partial charge in [-0.15, -0.1) is 0 Å². The number of hydrogen-bond donors (Lipinski definition) is 3. The first-order valence-electron chi connectivity index (χ1n) is 5.24. The molecule has 1 aliphatic heterocycles. The summed E-state index contributed by atoms with van der Waals surface area (Å²) in [4.78, 5) is 33.6. The third kappa shape index (κ3) is 2.50. The van der Waals surface area contributed by atoms with Crippen molar-refractivity contribution in [3.63, 3.8) is 0 Å². The Labute approximate surface area is 93.4 Å². The molecule has 0 aliphatic carbocycles. The normalized spacial score (nSPS) is 23.4. The first kappa shape index (κ1) is 12.5. The minimum absolute atomic E-state index is 0.173. The van der Waals surface area contributed by atoms with Crippen molar-refractivity contribution in [2.75, 3.05) is 0 Å². The highest BCUT2D eigenvalue weighted by atomic mass is 16.4. The highest BCUT2D eigenvalue weighted by Crippen LogP contribution is 2.12. The molecule has 1 aliphatic rings. The van der Waals surface area contributed by atoms with Crippen molar-refractivity contribution in [2.24, 2.45) is 0 Å². The molecule has 0 aromatic carbocycles. The van der Waals surface area contributed by atoms with Crippen LogP contribution in [-0.2, 0) is 14.4 Å². The second-order valence-corrected chi connectivity index (χ2v) is 4.14. The van der Waals surface area contributed by atoms with Crippen molar-refractivity contribution in [1.29, 1.82) is 0 Å². The van der Waals surface area contributed by atoms with Crippen LogP contribution in [0.5, 0.6) is 0 Å². The molecule has 1 rings (SSSR count). The Hall–Kier alpha value is -1.59. The van der Waals surface area contributed by atoms with Gasteiger partial charge in [-0.3, -0.25) is 9.59 Å². The Morgan fingerprint density at radius 2 is 2.25 bits per heavy atom. The summed E-state index contributed by atoms with van der Waals surface area (Å²) in [7, 11) is 0. The summed E-state index contributed by atoms with van der Waals surface area (Å²) in [5, 5.41) is 13.9. The quantitative estimate of drug-likeness (QED) is 0.612. The van der Waals surface area contributed by atoms with E-state index in [-0.39, 0.29) is 12.3 Å². The molecule has 90 valence electrons. The maximum absolute atomic E-state index is 11.7. The van der Waals surface area contributed by atoms with Gasteiger partial charge in [0.05, 0.1) is 0 Å². The van der Waals surface area contributed by atoms with E-state index in [9.17, 15) is 14.4 Å². The second kappa shape index (κ2) is 4.51. The van der Waals surface area contributed by atoms with E-state index in [1.807, 2.05) is 0 Å². The van der Waals surface area contributed by atoms with E-state index >= 15 is 0 Å². The van der Waals surface area contributed by atoms with E-state index in [0.29, 0.717) is 12.8 Å². The van der Waals surface area contributed by atoms with Crippen molar-refractivity contribution in [3.8, 4) is 0 Å². The molecular formula is C10H16N2O4. The molecular weight excluding hydrogens is 212 g/mol. The van der Waals surface area contributed by atoms with Gasteiger partial charge in [0.25, 0.3) is 0 Å². The minimum atomic E-state index is -1.27. The first-order chi connectivity index (χ1) is 7.39. The highest BCUT2D eigenvalue weighted by molar-refractivity contribution is 5.93. The predicted molar refractivity (Wildman–Crippen MR) is 55.6 cm³/mol. The Morgan fingerprint density at radius 1 is 1.62 bits per heavy atom. The molecule has 2 atom stereocenters. The molecule has 6 nitrogen and oxygen atoms in total. The fraction of sp³-hybridized carbons (Fsp3) is 0.700. The van der Waals surface area contributed by atoms with Crippen molar-refractivity contribution in [1.82, 2.24) is 10.6 Å². The summed E-state index contributed by atoms with van der Waals surface area (Å²) in [6.45, 7) is 3.13. The molecule has 6 heteroatoms. The number of carboxylic acid groups (broad SMARTS) is 1. The van der Waals surface area contributed by atoms with Gasteiger partial charge in [0.15, 0.2) is 0 Å². The van der Waals surface area contributed by atoms with Gasteiger partial charge < -0.3 is 15.7 Å². The fourth-order valence-corrected chi connectivity index (χ4v) is 1.46. The molecule has 0 aromatic rings. The van der Waals surface area contributed by atoms with Crippen LogP contribution in [0.25, 0.3) is 0 Å². The first-order valence-corrected chi connectivity index (χ1v) is 5.24. The van der Waals surface area contributed by atoms with Crippen LogP contribution in [0, 0.1) is 0 Å². The lowest BCUT2D eigenvalue weighted by Gasteiger charge is -2.26. The second-order valence-electron chi connectivity index (χ2n) is 4.14. The van der Waals surface area contributed by atoms with E-state index in [1.54, 1.807) is 6.92 Å². The van der Waals surface area contributed by atoms with Gasteiger partial charge in [0, 0.05) is 6.42 Å². The van der Waals surface area contributed by atoms with Gasteiger partial charge in [-0.25, -0.2) is 4.79 Å². The van der Waals surface area contributed by atoms with Crippen LogP contribution in [0.3, 0.4) is 0 Å². The van der Waals surface area contributed by atoms with Gasteiger partial charge in [-0.05, 0) is 19.8 Å². The summed E-state index contributed by atoms with van der Waals surface area (Å²) in [6.07, 6.45) is 1.02. The van der Waals surface area contributed by atoms with Crippen LogP contribution in [-0.4, -0.2) is 34.5 Å². The number of rotatable bonds is 4. The van der Waals surface area contributed by atoms with Gasteiger partial charge in [0.1, 0.15) is 11.6 Å². The topological polar surface area (TPSA) is 95.5 Å². The molecule has 0 spiro atoms. The monoisotopic (exact) mass is 228 g/mol. The molecule has 16 heavy (non-hydrogen) atoms. The van der Waals surface area contributed by atoms with Gasteiger partial charge >= 0.3 is 5.97 Å². The van der Waals surface area contributed by atoms with Crippen LogP contribution in [0.1, 0.15) is 33.1 Å². The molecule has 1 unspecified atom stereocenters. The lowest BCUT2D eigenvalue weighted by Crippen LogP contribution is -2.56. The average Bonchev–Trinajstić information content (AvgIpc) is 2.64. The summed E-state index contributed by atoms with van der Waals surface area (Å²) >= 11 is 0. The van der Waals surface area contributed by atoms with E-state index < -0.39 is 23.5 Å². The molecule has 1 saturated heterocycles. The zero-order chi connectivity index (χ0) is 12.3. The number of carbonyl (C=O) groups is 3. The van der Waals surface area contributed by atoms with Crippen LogP contribution in [0.15, 0.2) is 0 Å². The minimum Gasteiger partial charge on any atom is -0.480 e. The molecule has 0 bridgehead atoms. The van der Waals surface area contributed by atoms with Crippen LogP contribution in [0.4, 0.5) is 0 Å². The Kier molecular flexibility index (Phi) is 3.51. The third-order valence-electron chi connectivity index (χ3n) is 2.89. The number of carbonyl (C=O) groups excluding carboxylic acids is 2. The summed E-state index contributed by atoms with van der Waals surface area (Å²) in [6, 6.07) is -0.599. The van der Waals surface area contributed by atoms with E-state index in [1.165, 1.54) is 6.92 Å². The van der Waals surface area contributed by atoms with Crippen LogP contribution >= 0.6 is 0 Å². The zero-order valence-corrected chi connectivity index (χ0v) is 9.37. The van der Waals surface area contributed by atoms with Gasteiger partial charge in [-0.2, -0.15) is 0 Å². The van der Waals surface area contributed by atoms with Crippen LogP contribution in [0.2, 0.25) is 0 Å². The standard InChI is InChI=1S/C10H16N2O4/c1-3-10(2,9(15)16)12-8(14)6-4-5-7(13)11-6/h6H,3-5H2,1-2H3,(H,11,13)(H,12,14)(H,15,16)/t6-,10?/m0/s1. The zero-order valence-electron chi connectivity index (χ0n) is 9.37. The third-order valence-corrected chi connectivity index (χ3v) is 2.89. The Bertz CT molecular complexity index is 329. The average molecular weight is 228 g/mol. The number of carboxylic acids is 1. The van der Waals surface area contributed by atoms with Crippen LogP contribution < -0.4 is 10.6 Å². The molecule has 1 fully saturated rings. The van der Waals surface area contributed by atoms with E-state index in [4.69, 9.17) is 5.11 Å². The van der Waals surface area contributed by atoms with Crippen molar-refractivity contribution in [3.05, 3.63) is 0 Å². The van der Waals surface area contributed by atoms with Crippen molar-refractivity contribution >= 4 is 17.8 Å². The number of aliphatic carboxylic acids is 1. The number of hydrogen-bond acceptors (Lipinski definition) is 3.